The van der Waals surface area contributed by atoms with E-state index in [9.17, 15) is 14.9 Å². The topological polar surface area (TPSA) is 81.5 Å². The highest BCUT2D eigenvalue weighted by Gasteiger charge is 2.15. The van der Waals surface area contributed by atoms with E-state index in [4.69, 9.17) is 4.74 Å². The van der Waals surface area contributed by atoms with Gasteiger partial charge in [-0.3, -0.25) is 14.9 Å². The van der Waals surface area contributed by atoms with Crippen LogP contribution in [0.1, 0.15) is 18.9 Å². The molecule has 6 nitrogen and oxygen atoms in total. The molecule has 0 atom stereocenters. The van der Waals surface area contributed by atoms with E-state index in [1.807, 2.05) is 12.1 Å². The maximum absolute atomic E-state index is 12.0. The lowest BCUT2D eigenvalue weighted by molar-refractivity contribution is -0.383. The number of para-hydroxylation sites is 2. The molecular weight excluding hydrogens is 376 g/mol. The fraction of sp³-hybridized carbons (Fsp3) is 0.235. The zero-order valence-corrected chi connectivity index (χ0v) is 14.7. The number of hydrogen-bond acceptors (Lipinski definition) is 4. The van der Waals surface area contributed by atoms with Gasteiger partial charge in [0, 0.05) is 6.07 Å². The van der Waals surface area contributed by atoms with Crippen LogP contribution in [0.25, 0.3) is 0 Å². The summed E-state index contributed by atoms with van der Waals surface area (Å²) < 4.78 is 6.25. The number of nitro groups is 1. The van der Waals surface area contributed by atoms with Crippen LogP contribution in [0.5, 0.6) is 5.75 Å². The number of benzene rings is 2. The van der Waals surface area contributed by atoms with Crippen LogP contribution in [0, 0.1) is 10.1 Å². The lowest BCUT2D eigenvalue weighted by atomic mass is 10.1. The standard InChI is InChI=1S/C17H17BrN2O4/c1-2-5-12-8-9-16(13(18)10-12)24-11-17(21)19-14-6-3-4-7-15(14)20(22)23/h3-4,6-10H,2,5,11H2,1H3,(H,19,21). The first-order valence-corrected chi connectivity index (χ1v) is 8.25. The second-order valence-electron chi connectivity index (χ2n) is 5.13. The van der Waals surface area contributed by atoms with Gasteiger partial charge in [-0.2, -0.15) is 0 Å². The molecular formula is C17H17BrN2O4. The molecule has 0 aliphatic rings. The Morgan fingerprint density at radius 3 is 2.71 bits per heavy atom. The highest BCUT2D eigenvalue weighted by Crippen LogP contribution is 2.27. The minimum absolute atomic E-state index is 0.147. The average Bonchev–Trinajstić information content (AvgIpc) is 2.54. The summed E-state index contributed by atoms with van der Waals surface area (Å²) in [4.78, 5) is 22.4. The van der Waals surface area contributed by atoms with Crippen LogP contribution in [0.2, 0.25) is 0 Å². The van der Waals surface area contributed by atoms with Gasteiger partial charge in [0.15, 0.2) is 6.61 Å². The molecule has 0 saturated heterocycles. The largest absolute Gasteiger partial charge is 0.483 e. The second kappa shape index (κ2) is 8.44. The number of carbonyl (C=O) groups excluding carboxylic acids is 1. The quantitative estimate of drug-likeness (QED) is 0.561. The van der Waals surface area contributed by atoms with Gasteiger partial charge in [-0.15, -0.1) is 0 Å². The number of ether oxygens (including phenoxy) is 1. The number of anilines is 1. The Balaban J connectivity index is 1.98. The van der Waals surface area contributed by atoms with E-state index in [1.54, 1.807) is 18.2 Å². The summed E-state index contributed by atoms with van der Waals surface area (Å²) in [7, 11) is 0. The molecule has 2 aromatic rings. The maximum Gasteiger partial charge on any atom is 0.292 e. The van der Waals surface area contributed by atoms with Crippen molar-refractivity contribution in [3.8, 4) is 5.75 Å². The molecule has 24 heavy (non-hydrogen) atoms. The molecule has 126 valence electrons. The molecule has 0 heterocycles. The Morgan fingerprint density at radius 1 is 1.29 bits per heavy atom. The number of nitrogens with one attached hydrogen (secondary N) is 1. The van der Waals surface area contributed by atoms with Gasteiger partial charge in [0.1, 0.15) is 11.4 Å². The first-order valence-electron chi connectivity index (χ1n) is 7.45. The Kier molecular flexibility index (Phi) is 6.31. The monoisotopic (exact) mass is 392 g/mol. The van der Waals surface area contributed by atoms with Gasteiger partial charge in [0.2, 0.25) is 0 Å². The van der Waals surface area contributed by atoms with Gasteiger partial charge < -0.3 is 10.1 Å². The van der Waals surface area contributed by atoms with Crippen LogP contribution in [0.4, 0.5) is 11.4 Å². The van der Waals surface area contributed by atoms with E-state index >= 15 is 0 Å². The third-order valence-electron chi connectivity index (χ3n) is 3.27. The minimum atomic E-state index is -0.542. The van der Waals surface area contributed by atoms with Crippen molar-refractivity contribution in [2.75, 3.05) is 11.9 Å². The summed E-state index contributed by atoms with van der Waals surface area (Å²) in [6.07, 6.45) is 2.02. The maximum atomic E-state index is 12.0. The summed E-state index contributed by atoms with van der Waals surface area (Å²) >= 11 is 3.42. The fourth-order valence-electron chi connectivity index (χ4n) is 2.17. The first-order chi connectivity index (χ1) is 11.5. The number of nitrogens with zero attached hydrogens (tertiary/aromatic N) is 1. The summed E-state index contributed by atoms with van der Waals surface area (Å²) in [5.41, 5.74) is 1.17. The van der Waals surface area contributed by atoms with Gasteiger partial charge in [-0.05, 0) is 46.1 Å². The lowest BCUT2D eigenvalue weighted by Gasteiger charge is -2.10. The third kappa shape index (κ3) is 4.79. The Bertz CT molecular complexity index is 749. The molecule has 0 bridgehead atoms. The van der Waals surface area contributed by atoms with E-state index in [-0.39, 0.29) is 18.0 Å². The molecule has 0 aliphatic heterocycles. The summed E-state index contributed by atoms with van der Waals surface area (Å²) in [5, 5.41) is 13.4. The highest BCUT2D eigenvalue weighted by molar-refractivity contribution is 9.10. The summed E-state index contributed by atoms with van der Waals surface area (Å²) in [6, 6.07) is 11.7. The number of aryl methyl sites for hydroxylation is 1. The van der Waals surface area contributed by atoms with Crippen LogP contribution < -0.4 is 10.1 Å². The molecule has 0 spiro atoms. The van der Waals surface area contributed by atoms with Gasteiger partial charge in [-0.1, -0.05) is 31.5 Å². The number of hydrogen-bond donors (Lipinski definition) is 1. The molecule has 1 N–H and O–H groups in total. The molecule has 0 radical (unpaired) electrons. The average molecular weight is 393 g/mol. The normalized spacial score (nSPS) is 10.2. The number of rotatable bonds is 7. The fourth-order valence-corrected chi connectivity index (χ4v) is 2.71. The molecule has 2 aromatic carbocycles. The van der Waals surface area contributed by atoms with Crippen LogP contribution >= 0.6 is 15.9 Å². The summed E-state index contributed by atoms with van der Waals surface area (Å²) in [6.45, 7) is 1.86. The van der Waals surface area contributed by atoms with Crippen molar-refractivity contribution in [2.45, 2.75) is 19.8 Å². The molecule has 0 unspecified atom stereocenters. The Labute approximate surface area is 148 Å². The van der Waals surface area contributed by atoms with Crippen molar-refractivity contribution in [3.05, 3.63) is 62.6 Å². The van der Waals surface area contributed by atoms with Crippen molar-refractivity contribution >= 4 is 33.2 Å². The van der Waals surface area contributed by atoms with Gasteiger partial charge in [-0.25, -0.2) is 0 Å². The number of carbonyl (C=O) groups is 1. The number of halogens is 1. The van der Waals surface area contributed by atoms with Crippen molar-refractivity contribution < 1.29 is 14.5 Å². The zero-order valence-electron chi connectivity index (χ0n) is 13.1. The molecule has 7 heteroatoms. The third-order valence-corrected chi connectivity index (χ3v) is 3.89. The predicted octanol–water partition coefficient (Wildman–Crippen LogP) is 4.33. The molecule has 0 aliphatic carbocycles. The number of nitro benzene ring substituents is 1. The molecule has 0 fully saturated rings. The van der Waals surface area contributed by atoms with Crippen LogP contribution in [0.15, 0.2) is 46.9 Å². The van der Waals surface area contributed by atoms with Crippen LogP contribution in [-0.2, 0) is 11.2 Å². The van der Waals surface area contributed by atoms with E-state index in [1.165, 1.54) is 17.7 Å². The Morgan fingerprint density at radius 2 is 2.04 bits per heavy atom. The van der Waals surface area contributed by atoms with Crippen LogP contribution in [0.3, 0.4) is 0 Å². The zero-order chi connectivity index (χ0) is 17.5. The molecule has 0 saturated carbocycles. The SMILES string of the molecule is CCCc1ccc(OCC(=O)Nc2ccccc2[N+](=O)[O-])c(Br)c1. The van der Waals surface area contributed by atoms with E-state index in [0.717, 1.165) is 17.3 Å². The van der Waals surface area contributed by atoms with Crippen molar-refractivity contribution in [2.24, 2.45) is 0 Å². The Hall–Kier alpha value is -2.41. The van der Waals surface area contributed by atoms with Gasteiger partial charge in [0.05, 0.1) is 9.40 Å². The smallest absolute Gasteiger partial charge is 0.292 e. The van der Waals surface area contributed by atoms with Gasteiger partial charge >= 0.3 is 0 Å². The van der Waals surface area contributed by atoms with E-state index in [2.05, 4.69) is 28.2 Å². The molecule has 2 rings (SSSR count). The number of amides is 1. The van der Waals surface area contributed by atoms with E-state index in [0.29, 0.717) is 5.75 Å². The highest BCUT2D eigenvalue weighted by atomic mass is 79.9. The molecule has 0 aromatic heterocycles. The van der Waals surface area contributed by atoms with Crippen molar-refractivity contribution in [1.29, 1.82) is 0 Å². The minimum Gasteiger partial charge on any atom is -0.483 e. The van der Waals surface area contributed by atoms with E-state index < -0.39 is 10.8 Å². The first kappa shape index (κ1) is 17.9. The van der Waals surface area contributed by atoms with Gasteiger partial charge in [0.25, 0.3) is 11.6 Å². The predicted molar refractivity (Wildman–Crippen MR) is 95.4 cm³/mol. The van der Waals surface area contributed by atoms with Crippen LogP contribution in [-0.4, -0.2) is 17.4 Å². The molecule has 1 amide bonds. The summed E-state index contributed by atoms with van der Waals surface area (Å²) in [5.74, 6) is 0.0846. The second-order valence-corrected chi connectivity index (χ2v) is 5.98. The van der Waals surface area contributed by atoms with Crippen molar-refractivity contribution in [1.82, 2.24) is 0 Å². The lowest BCUT2D eigenvalue weighted by Crippen LogP contribution is -2.20. The van der Waals surface area contributed by atoms with Crippen molar-refractivity contribution in [3.63, 3.8) is 0 Å².